The quantitative estimate of drug-likeness (QED) is 0.825. The van der Waals surface area contributed by atoms with Gasteiger partial charge in [-0.1, -0.05) is 0 Å². The van der Waals surface area contributed by atoms with Gasteiger partial charge >= 0.3 is 0 Å². The predicted molar refractivity (Wildman–Crippen MR) is 61.8 cm³/mol. The number of halogens is 1. The monoisotopic (exact) mass is 273 g/mol. The topological polar surface area (TPSA) is 39.1 Å². The molecule has 0 aliphatic carbocycles. The lowest BCUT2D eigenvalue weighted by Crippen LogP contribution is -2.29. The minimum atomic E-state index is 0.425. The summed E-state index contributed by atoms with van der Waals surface area (Å²) < 4.78 is 8.47. The van der Waals surface area contributed by atoms with E-state index in [0.717, 1.165) is 30.7 Å². The van der Waals surface area contributed by atoms with Crippen LogP contribution in [0.15, 0.2) is 16.9 Å². The van der Waals surface area contributed by atoms with Gasteiger partial charge in [0, 0.05) is 25.9 Å². The molecule has 1 unspecified atom stereocenters. The molecule has 1 aromatic heterocycles. The molecule has 1 atom stereocenters. The molecular formula is C10H16BrN3O. The van der Waals surface area contributed by atoms with Gasteiger partial charge < -0.3 is 10.1 Å². The van der Waals surface area contributed by atoms with E-state index in [2.05, 4.69) is 26.3 Å². The highest BCUT2D eigenvalue weighted by atomic mass is 79.9. The van der Waals surface area contributed by atoms with E-state index in [1.165, 1.54) is 12.8 Å². The summed E-state index contributed by atoms with van der Waals surface area (Å²) in [5.74, 6) is 0. The molecule has 1 saturated heterocycles. The van der Waals surface area contributed by atoms with Gasteiger partial charge in [-0.3, -0.25) is 4.68 Å². The molecular weight excluding hydrogens is 258 g/mol. The Kier molecular flexibility index (Phi) is 4.17. The number of rotatable bonds is 5. The number of nitrogens with one attached hydrogen (secondary N) is 1. The van der Waals surface area contributed by atoms with Crippen molar-refractivity contribution in [2.45, 2.75) is 25.5 Å². The Morgan fingerprint density at radius 3 is 3.27 bits per heavy atom. The third-order valence-corrected chi connectivity index (χ3v) is 2.92. The van der Waals surface area contributed by atoms with Gasteiger partial charge in [-0.2, -0.15) is 5.10 Å². The van der Waals surface area contributed by atoms with E-state index in [0.29, 0.717) is 6.10 Å². The maximum Gasteiger partial charge on any atom is 0.0700 e. The summed E-state index contributed by atoms with van der Waals surface area (Å²) in [6.45, 7) is 3.73. The van der Waals surface area contributed by atoms with Crippen LogP contribution in [-0.2, 0) is 11.3 Å². The molecule has 5 heteroatoms. The molecule has 1 aliphatic heterocycles. The van der Waals surface area contributed by atoms with Gasteiger partial charge in [0.25, 0.3) is 0 Å². The van der Waals surface area contributed by atoms with E-state index >= 15 is 0 Å². The van der Waals surface area contributed by atoms with Crippen LogP contribution in [0.1, 0.15) is 12.8 Å². The average molecular weight is 274 g/mol. The van der Waals surface area contributed by atoms with Gasteiger partial charge in [-0.25, -0.2) is 0 Å². The van der Waals surface area contributed by atoms with Crippen LogP contribution >= 0.6 is 15.9 Å². The van der Waals surface area contributed by atoms with Gasteiger partial charge in [-0.05, 0) is 28.8 Å². The third kappa shape index (κ3) is 3.59. The van der Waals surface area contributed by atoms with Crippen LogP contribution in [0.4, 0.5) is 0 Å². The second-order valence-corrected chi connectivity index (χ2v) is 4.68. The maximum atomic E-state index is 5.52. The first kappa shape index (κ1) is 11.1. The molecule has 0 aromatic carbocycles. The molecule has 0 amide bonds. The highest BCUT2D eigenvalue weighted by Crippen LogP contribution is 2.10. The highest BCUT2D eigenvalue weighted by molar-refractivity contribution is 9.10. The van der Waals surface area contributed by atoms with Gasteiger partial charge in [-0.15, -0.1) is 0 Å². The van der Waals surface area contributed by atoms with E-state index in [4.69, 9.17) is 4.74 Å². The molecule has 0 saturated carbocycles. The van der Waals surface area contributed by atoms with Crippen molar-refractivity contribution in [2.24, 2.45) is 0 Å². The molecule has 0 spiro atoms. The second-order valence-electron chi connectivity index (χ2n) is 3.76. The van der Waals surface area contributed by atoms with Crippen LogP contribution in [0.5, 0.6) is 0 Å². The first-order valence-electron chi connectivity index (χ1n) is 5.35. The third-order valence-electron chi connectivity index (χ3n) is 2.52. The summed E-state index contributed by atoms with van der Waals surface area (Å²) in [5.41, 5.74) is 0. The minimum Gasteiger partial charge on any atom is -0.377 e. The number of hydrogen-bond acceptors (Lipinski definition) is 3. The second kappa shape index (κ2) is 5.63. The Morgan fingerprint density at radius 2 is 2.60 bits per heavy atom. The van der Waals surface area contributed by atoms with Crippen LogP contribution in [-0.4, -0.2) is 35.6 Å². The standard InChI is InChI=1S/C10H16BrN3O/c11-9-6-13-14(8-9)4-3-12-7-10-2-1-5-15-10/h6,8,10,12H,1-5,7H2. The first-order chi connectivity index (χ1) is 7.34. The Morgan fingerprint density at radius 1 is 1.67 bits per heavy atom. The van der Waals surface area contributed by atoms with Crippen molar-refractivity contribution in [2.75, 3.05) is 19.7 Å². The van der Waals surface area contributed by atoms with E-state index in [9.17, 15) is 0 Å². The number of nitrogens with zero attached hydrogens (tertiary/aromatic N) is 2. The summed E-state index contributed by atoms with van der Waals surface area (Å²) in [6.07, 6.45) is 6.61. The largest absolute Gasteiger partial charge is 0.377 e. The fourth-order valence-electron chi connectivity index (χ4n) is 1.72. The fourth-order valence-corrected chi connectivity index (χ4v) is 2.05. The maximum absolute atomic E-state index is 5.52. The summed E-state index contributed by atoms with van der Waals surface area (Å²) in [6, 6.07) is 0. The molecule has 0 radical (unpaired) electrons. The Bertz CT molecular complexity index is 297. The van der Waals surface area contributed by atoms with Crippen LogP contribution in [0.2, 0.25) is 0 Å². The van der Waals surface area contributed by atoms with E-state index < -0.39 is 0 Å². The van der Waals surface area contributed by atoms with E-state index in [-0.39, 0.29) is 0 Å². The highest BCUT2D eigenvalue weighted by Gasteiger charge is 2.14. The van der Waals surface area contributed by atoms with Crippen molar-refractivity contribution in [1.82, 2.24) is 15.1 Å². The molecule has 1 aliphatic rings. The van der Waals surface area contributed by atoms with Crippen molar-refractivity contribution in [3.05, 3.63) is 16.9 Å². The molecule has 0 bridgehead atoms. The molecule has 84 valence electrons. The van der Waals surface area contributed by atoms with Gasteiger partial charge in [0.1, 0.15) is 0 Å². The summed E-state index contributed by atoms with van der Waals surface area (Å²) in [4.78, 5) is 0. The van der Waals surface area contributed by atoms with E-state index in [1.807, 2.05) is 10.9 Å². The van der Waals surface area contributed by atoms with Crippen molar-refractivity contribution in [3.63, 3.8) is 0 Å². The van der Waals surface area contributed by atoms with E-state index in [1.54, 1.807) is 6.20 Å². The Balaban J connectivity index is 1.58. The van der Waals surface area contributed by atoms with Gasteiger partial charge in [0.2, 0.25) is 0 Å². The van der Waals surface area contributed by atoms with Crippen molar-refractivity contribution in [3.8, 4) is 0 Å². The van der Waals surface area contributed by atoms with Crippen LogP contribution in [0.25, 0.3) is 0 Å². The number of hydrogen-bond donors (Lipinski definition) is 1. The molecule has 15 heavy (non-hydrogen) atoms. The molecule has 1 fully saturated rings. The lowest BCUT2D eigenvalue weighted by atomic mass is 10.2. The SMILES string of the molecule is Brc1cnn(CCNCC2CCCO2)c1. The molecule has 2 heterocycles. The predicted octanol–water partition coefficient (Wildman–Crippen LogP) is 1.41. The van der Waals surface area contributed by atoms with Crippen LogP contribution in [0.3, 0.4) is 0 Å². The fraction of sp³-hybridized carbons (Fsp3) is 0.700. The van der Waals surface area contributed by atoms with Crippen LogP contribution < -0.4 is 5.32 Å². The first-order valence-corrected chi connectivity index (χ1v) is 6.14. The summed E-state index contributed by atoms with van der Waals surface area (Å²) in [5, 5.41) is 7.57. The zero-order valence-electron chi connectivity index (χ0n) is 8.66. The smallest absolute Gasteiger partial charge is 0.0700 e. The number of aromatic nitrogens is 2. The van der Waals surface area contributed by atoms with Gasteiger partial charge in [0.15, 0.2) is 0 Å². The molecule has 4 nitrogen and oxygen atoms in total. The van der Waals surface area contributed by atoms with Crippen molar-refractivity contribution < 1.29 is 4.74 Å². The molecule has 2 rings (SSSR count). The summed E-state index contributed by atoms with van der Waals surface area (Å²) >= 11 is 3.37. The zero-order valence-corrected chi connectivity index (χ0v) is 10.2. The lowest BCUT2D eigenvalue weighted by Gasteiger charge is -2.10. The normalized spacial score (nSPS) is 21.0. The van der Waals surface area contributed by atoms with Crippen molar-refractivity contribution >= 4 is 15.9 Å². The Labute approximate surface area is 98.1 Å². The van der Waals surface area contributed by atoms with Crippen molar-refractivity contribution in [1.29, 1.82) is 0 Å². The van der Waals surface area contributed by atoms with Gasteiger partial charge in [0.05, 0.1) is 23.3 Å². The number of ether oxygens (including phenoxy) is 1. The summed E-state index contributed by atoms with van der Waals surface area (Å²) in [7, 11) is 0. The molecule has 1 aromatic rings. The molecule has 1 N–H and O–H groups in total. The van der Waals surface area contributed by atoms with Crippen LogP contribution in [0, 0.1) is 0 Å². The minimum absolute atomic E-state index is 0.425. The zero-order chi connectivity index (χ0) is 10.5. The lowest BCUT2D eigenvalue weighted by molar-refractivity contribution is 0.110. The Hall–Kier alpha value is -0.390. The average Bonchev–Trinajstić information content (AvgIpc) is 2.84.